The van der Waals surface area contributed by atoms with Crippen molar-refractivity contribution < 1.29 is 39.5 Å². The summed E-state index contributed by atoms with van der Waals surface area (Å²) in [5.74, 6) is -0.949. The van der Waals surface area contributed by atoms with Crippen LogP contribution in [0.2, 0.25) is 0 Å². The van der Waals surface area contributed by atoms with Crippen molar-refractivity contribution in [2.45, 2.75) is 25.1 Å². The Balaban J connectivity index is 2.68. The fourth-order valence-corrected chi connectivity index (χ4v) is 2.24. The van der Waals surface area contributed by atoms with Crippen molar-refractivity contribution in [2.75, 3.05) is 5.32 Å². The summed E-state index contributed by atoms with van der Waals surface area (Å²) in [5, 5.41) is 1.88. The van der Waals surface area contributed by atoms with E-state index in [1.807, 2.05) is 5.32 Å². The Bertz CT molecular complexity index is 972. The highest BCUT2D eigenvalue weighted by Gasteiger charge is 2.39. The highest BCUT2D eigenvalue weighted by molar-refractivity contribution is 5.61. The highest BCUT2D eigenvalue weighted by atomic mass is 19.4. The number of allylic oxidation sites excluding steroid dienone is 1. The van der Waals surface area contributed by atoms with E-state index >= 15 is 0 Å². The van der Waals surface area contributed by atoms with Gasteiger partial charge in [-0.25, -0.2) is 4.98 Å². The summed E-state index contributed by atoms with van der Waals surface area (Å²) in [6.07, 6.45) is -14.4. The Morgan fingerprint density at radius 2 is 1.59 bits per heavy atom. The smallest absolute Gasteiger partial charge is 0.325 e. The summed E-state index contributed by atoms with van der Waals surface area (Å²) in [6.45, 7) is 2.85. The number of aromatic nitrogens is 2. The first kappa shape index (κ1) is 22.3. The molecule has 0 amide bonds. The van der Waals surface area contributed by atoms with E-state index in [2.05, 4.69) is 11.6 Å². The topological polar surface area (TPSA) is 46.9 Å². The largest absolute Gasteiger partial charge is 0.433 e. The molecule has 1 N–H and O–H groups in total. The van der Waals surface area contributed by atoms with Gasteiger partial charge in [0, 0.05) is 12.6 Å². The lowest BCUT2D eigenvalue weighted by Gasteiger charge is -2.19. The van der Waals surface area contributed by atoms with Crippen LogP contribution in [0.5, 0.6) is 0 Å². The van der Waals surface area contributed by atoms with Crippen LogP contribution in [-0.2, 0) is 25.1 Å². The second-order valence-electron chi connectivity index (χ2n) is 5.58. The number of nitrogens with zero attached hydrogens (tertiary/aromatic N) is 2. The zero-order valence-electron chi connectivity index (χ0n) is 14.0. The molecule has 13 heteroatoms. The van der Waals surface area contributed by atoms with E-state index in [9.17, 15) is 44.3 Å². The maximum atomic E-state index is 13.2. The van der Waals surface area contributed by atoms with Gasteiger partial charge in [0.25, 0.3) is 5.56 Å². The second kappa shape index (κ2) is 7.44. The van der Waals surface area contributed by atoms with Gasteiger partial charge in [0.15, 0.2) is 5.69 Å². The summed E-state index contributed by atoms with van der Waals surface area (Å²) in [7, 11) is 0. The van der Waals surface area contributed by atoms with E-state index in [1.165, 1.54) is 0 Å². The number of halogens is 9. The lowest BCUT2D eigenvalue weighted by Crippen LogP contribution is -2.27. The van der Waals surface area contributed by atoms with Crippen LogP contribution in [0.15, 0.2) is 41.7 Å². The van der Waals surface area contributed by atoms with Crippen molar-refractivity contribution >= 4 is 11.6 Å². The van der Waals surface area contributed by atoms with Crippen LogP contribution in [0.3, 0.4) is 0 Å². The number of rotatable bonds is 4. The number of hydrogen-bond acceptors (Lipinski definition) is 3. The molecule has 0 fully saturated rings. The van der Waals surface area contributed by atoms with Gasteiger partial charge in [0.05, 0.1) is 16.8 Å². The van der Waals surface area contributed by atoms with Gasteiger partial charge >= 0.3 is 18.5 Å². The summed E-state index contributed by atoms with van der Waals surface area (Å²) >= 11 is 0. The first-order chi connectivity index (χ1) is 13.1. The molecule has 0 aliphatic rings. The third-order valence-electron chi connectivity index (χ3n) is 3.51. The highest BCUT2D eigenvalue weighted by Crippen LogP contribution is 2.40. The SMILES string of the molecule is C=CCn1c(Nc2ccc(C(F)(F)F)cc2C(F)(F)F)nc(C(F)(F)F)cc1=O. The molecule has 1 aromatic carbocycles. The van der Waals surface area contributed by atoms with Gasteiger partial charge in [-0.1, -0.05) is 6.08 Å². The predicted octanol–water partition coefficient (Wildman–Crippen LogP) is 5.23. The zero-order chi connectivity index (χ0) is 22.2. The van der Waals surface area contributed by atoms with Gasteiger partial charge in [0.2, 0.25) is 5.95 Å². The summed E-state index contributed by atoms with van der Waals surface area (Å²) in [4.78, 5) is 15.0. The van der Waals surface area contributed by atoms with E-state index in [0.29, 0.717) is 16.7 Å². The Morgan fingerprint density at radius 1 is 0.966 bits per heavy atom. The van der Waals surface area contributed by atoms with Gasteiger partial charge in [0.1, 0.15) is 0 Å². The summed E-state index contributed by atoms with van der Waals surface area (Å²) in [6, 6.07) is 0.620. The molecule has 29 heavy (non-hydrogen) atoms. The number of nitrogens with one attached hydrogen (secondary N) is 1. The van der Waals surface area contributed by atoms with E-state index in [0.717, 1.165) is 6.08 Å². The molecule has 2 aromatic rings. The molecular formula is C16H10F9N3O. The molecule has 0 saturated heterocycles. The van der Waals surface area contributed by atoms with E-state index in [-0.39, 0.29) is 12.1 Å². The average molecular weight is 431 g/mol. The fourth-order valence-electron chi connectivity index (χ4n) is 2.24. The molecule has 0 atom stereocenters. The third kappa shape index (κ3) is 5.09. The standard InChI is InChI=1S/C16H10F9N3O/c1-2-5-28-12(29)7-11(16(23,24)25)27-13(28)26-10-4-3-8(14(17,18)19)6-9(10)15(20,21)22/h2-4,6-7H,1,5H2,(H,26,27). The molecular weight excluding hydrogens is 421 g/mol. The van der Waals surface area contributed by atoms with Crippen LogP contribution >= 0.6 is 0 Å². The Morgan fingerprint density at radius 3 is 2.07 bits per heavy atom. The summed E-state index contributed by atoms with van der Waals surface area (Å²) < 4.78 is 117. The molecule has 4 nitrogen and oxygen atoms in total. The fraction of sp³-hybridized carbons (Fsp3) is 0.250. The summed E-state index contributed by atoms with van der Waals surface area (Å²) in [5.41, 5.74) is -7.38. The molecule has 0 aliphatic carbocycles. The van der Waals surface area contributed by atoms with Crippen LogP contribution in [-0.4, -0.2) is 9.55 Å². The number of hydrogen-bond donors (Lipinski definition) is 1. The first-order valence-electron chi connectivity index (χ1n) is 7.50. The van der Waals surface area contributed by atoms with Gasteiger partial charge in [-0.3, -0.25) is 9.36 Å². The number of benzene rings is 1. The quantitative estimate of drug-likeness (QED) is 0.533. The van der Waals surface area contributed by atoms with Gasteiger partial charge < -0.3 is 5.32 Å². The van der Waals surface area contributed by atoms with Crippen LogP contribution < -0.4 is 10.9 Å². The van der Waals surface area contributed by atoms with Crippen molar-refractivity contribution in [3.63, 3.8) is 0 Å². The molecule has 0 unspecified atom stereocenters. The second-order valence-corrected chi connectivity index (χ2v) is 5.58. The Kier molecular flexibility index (Phi) is 5.72. The minimum Gasteiger partial charge on any atom is -0.325 e. The maximum Gasteiger partial charge on any atom is 0.433 e. The van der Waals surface area contributed by atoms with E-state index < -0.39 is 59.1 Å². The van der Waals surface area contributed by atoms with Crippen molar-refractivity contribution in [1.82, 2.24) is 9.55 Å². The molecule has 0 aliphatic heterocycles. The van der Waals surface area contributed by atoms with Crippen molar-refractivity contribution in [3.8, 4) is 0 Å². The van der Waals surface area contributed by atoms with Crippen LogP contribution in [0.25, 0.3) is 0 Å². The first-order valence-corrected chi connectivity index (χ1v) is 7.50. The zero-order valence-corrected chi connectivity index (χ0v) is 14.0. The van der Waals surface area contributed by atoms with Crippen molar-refractivity contribution in [2.24, 2.45) is 0 Å². The molecule has 1 heterocycles. The number of anilines is 2. The van der Waals surface area contributed by atoms with Crippen LogP contribution in [0.4, 0.5) is 51.1 Å². The lowest BCUT2D eigenvalue weighted by atomic mass is 10.1. The normalized spacial score (nSPS) is 12.7. The van der Waals surface area contributed by atoms with Crippen LogP contribution in [0.1, 0.15) is 16.8 Å². The molecule has 0 spiro atoms. The Labute approximate surface area is 156 Å². The molecule has 0 saturated carbocycles. The molecule has 2 rings (SSSR count). The maximum absolute atomic E-state index is 13.2. The lowest BCUT2D eigenvalue weighted by molar-refractivity contribution is -0.143. The van der Waals surface area contributed by atoms with Crippen molar-refractivity contribution in [1.29, 1.82) is 0 Å². The minimum atomic E-state index is -5.28. The molecule has 158 valence electrons. The van der Waals surface area contributed by atoms with E-state index in [1.54, 1.807) is 0 Å². The molecule has 0 radical (unpaired) electrons. The minimum absolute atomic E-state index is 0.131. The Hall–Kier alpha value is -2.99. The van der Waals surface area contributed by atoms with Crippen LogP contribution in [0, 0.1) is 0 Å². The van der Waals surface area contributed by atoms with E-state index in [4.69, 9.17) is 0 Å². The van der Waals surface area contributed by atoms with Crippen molar-refractivity contribution in [3.05, 3.63) is 64.1 Å². The van der Waals surface area contributed by atoms with Gasteiger partial charge in [-0.05, 0) is 18.2 Å². The molecule has 1 aromatic heterocycles. The number of alkyl halides is 9. The van der Waals surface area contributed by atoms with Gasteiger partial charge in [-0.2, -0.15) is 39.5 Å². The third-order valence-corrected chi connectivity index (χ3v) is 3.51. The predicted molar refractivity (Wildman–Crippen MR) is 83.4 cm³/mol. The van der Waals surface area contributed by atoms with Gasteiger partial charge in [-0.15, -0.1) is 6.58 Å². The molecule has 0 bridgehead atoms. The average Bonchev–Trinajstić information content (AvgIpc) is 2.55. The monoisotopic (exact) mass is 431 g/mol.